The van der Waals surface area contributed by atoms with Crippen LogP contribution in [0.4, 0.5) is 11.4 Å². The summed E-state index contributed by atoms with van der Waals surface area (Å²) >= 11 is 0. The number of ether oxygens (including phenoxy) is 2. The quantitative estimate of drug-likeness (QED) is 0.259. The molecule has 1 amide bonds. The second kappa shape index (κ2) is 10.2. The van der Waals surface area contributed by atoms with E-state index in [1.54, 1.807) is 18.2 Å². The first-order valence-electron chi connectivity index (χ1n) is 12.4. The van der Waals surface area contributed by atoms with Gasteiger partial charge in [0.05, 0.1) is 25.8 Å². The molecule has 0 aliphatic carbocycles. The average molecular weight is 515 g/mol. The Bertz CT molecular complexity index is 1360. The Balaban J connectivity index is 1.97. The van der Waals surface area contributed by atoms with Crippen molar-refractivity contribution >= 4 is 28.8 Å². The lowest BCUT2D eigenvalue weighted by atomic mass is 9.87. The van der Waals surface area contributed by atoms with Gasteiger partial charge in [-0.15, -0.1) is 0 Å². The monoisotopic (exact) mass is 514 g/mol. The van der Waals surface area contributed by atoms with Crippen molar-refractivity contribution in [3.63, 3.8) is 0 Å². The molecule has 38 heavy (non-hydrogen) atoms. The highest BCUT2D eigenvalue weighted by Gasteiger charge is 2.47. The Morgan fingerprint density at radius 3 is 1.89 bits per heavy atom. The van der Waals surface area contributed by atoms with Crippen LogP contribution in [0.5, 0.6) is 11.5 Å². The largest absolute Gasteiger partial charge is 0.506 e. The molecule has 1 aliphatic heterocycles. The molecule has 0 radical (unpaired) electrons. The number of hydrogen-bond donors (Lipinski definition) is 1. The number of carbonyl (C=O) groups excluding carboxylic acids is 2. The van der Waals surface area contributed by atoms with Crippen molar-refractivity contribution in [1.82, 2.24) is 0 Å². The van der Waals surface area contributed by atoms with E-state index in [1.165, 1.54) is 19.1 Å². The van der Waals surface area contributed by atoms with Gasteiger partial charge in [-0.3, -0.25) is 14.5 Å². The number of anilines is 2. The molecule has 3 aromatic rings. The number of benzene rings is 3. The Morgan fingerprint density at radius 2 is 1.42 bits per heavy atom. The lowest BCUT2D eigenvalue weighted by molar-refractivity contribution is -0.132. The molecule has 198 valence electrons. The molecule has 7 heteroatoms. The molecular formula is C31H34N2O5. The van der Waals surface area contributed by atoms with Crippen molar-refractivity contribution in [2.24, 2.45) is 0 Å². The van der Waals surface area contributed by atoms with Crippen LogP contribution < -0.4 is 19.3 Å². The summed E-state index contributed by atoms with van der Waals surface area (Å²) < 4.78 is 11.0. The molecule has 7 nitrogen and oxygen atoms in total. The number of aliphatic hydroxyl groups excluding tert-OH is 1. The van der Waals surface area contributed by atoms with E-state index in [4.69, 9.17) is 9.47 Å². The van der Waals surface area contributed by atoms with Gasteiger partial charge in [0.15, 0.2) is 0 Å². The minimum atomic E-state index is -0.860. The summed E-state index contributed by atoms with van der Waals surface area (Å²) in [6, 6.07) is 19.4. The number of ketones is 1. The Labute approximate surface area is 223 Å². The molecule has 1 atom stereocenters. The summed E-state index contributed by atoms with van der Waals surface area (Å²) in [4.78, 5) is 30.6. The highest BCUT2D eigenvalue weighted by molar-refractivity contribution is 6.51. The SMILES string of the molecule is COc1cccc(OC)c1/C(O)=C1\C(=O)C(=O)N(c2ccc(C(C)(C)C)cc2)C1c1ccc(N(C)C)cc1. The molecule has 0 bridgehead atoms. The van der Waals surface area contributed by atoms with Crippen molar-refractivity contribution < 1.29 is 24.2 Å². The first-order chi connectivity index (χ1) is 18.0. The Hall–Kier alpha value is -4.26. The molecule has 1 heterocycles. The van der Waals surface area contributed by atoms with Crippen LogP contribution in [0.1, 0.15) is 43.5 Å². The molecule has 4 rings (SSSR count). The number of carbonyl (C=O) groups is 2. The zero-order chi connectivity index (χ0) is 27.8. The molecule has 0 saturated carbocycles. The second-order valence-corrected chi connectivity index (χ2v) is 10.5. The summed E-state index contributed by atoms with van der Waals surface area (Å²) in [5.74, 6) is -1.20. The van der Waals surface area contributed by atoms with E-state index in [9.17, 15) is 14.7 Å². The normalized spacial score (nSPS) is 17.0. The maximum Gasteiger partial charge on any atom is 0.300 e. The molecule has 1 saturated heterocycles. The molecular weight excluding hydrogens is 480 g/mol. The Kier molecular flexibility index (Phi) is 7.22. The highest BCUT2D eigenvalue weighted by Crippen LogP contribution is 2.45. The van der Waals surface area contributed by atoms with E-state index >= 15 is 0 Å². The lowest BCUT2D eigenvalue weighted by Crippen LogP contribution is -2.29. The number of amides is 1. The lowest BCUT2D eigenvalue weighted by Gasteiger charge is -2.27. The fourth-order valence-corrected chi connectivity index (χ4v) is 4.71. The van der Waals surface area contributed by atoms with E-state index in [2.05, 4.69) is 20.8 Å². The van der Waals surface area contributed by atoms with Gasteiger partial charge < -0.3 is 19.5 Å². The van der Waals surface area contributed by atoms with E-state index < -0.39 is 17.7 Å². The molecule has 1 aliphatic rings. The van der Waals surface area contributed by atoms with Gasteiger partial charge in [0.25, 0.3) is 11.7 Å². The number of aliphatic hydroxyl groups is 1. The highest BCUT2D eigenvalue weighted by atomic mass is 16.5. The molecule has 1 N–H and O–H groups in total. The van der Waals surface area contributed by atoms with Crippen LogP contribution in [0, 0.1) is 0 Å². The molecule has 1 fully saturated rings. The third kappa shape index (κ3) is 4.72. The van der Waals surface area contributed by atoms with Crippen molar-refractivity contribution in [3.05, 3.63) is 89.0 Å². The van der Waals surface area contributed by atoms with Crippen LogP contribution in [0.2, 0.25) is 0 Å². The van der Waals surface area contributed by atoms with Crippen molar-refractivity contribution in [1.29, 1.82) is 0 Å². The van der Waals surface area contributed by atoms with Crippen LogP contribution in [-0.2, 0) is 15.0 Å². The van der Waals surface area contributed by atoms with E-state index in [-0.39, 0.29) is 22.3 Å². The maximum atomic E-state index is 13.6. The van der Waals surface area contributed by atoms with Gasteiger partial charge in [0.1, 0.15) is 22.8 Å². The third-order valence-corrected chi connectivity index (χ3v) is 6.85. The summed E-state index contributed by atoms with van der Waals surface area (Å²) in [5.41, 5.74) is 3.42. The van der Waals surface area contributed by atoms with Crippen LogP contribution in [0.25, 0.3) is 5.76 Å². The number of rotatable bonds is 6. The average Bonchev–Trinajstić information content (AvgIpc) is 3.17. The number of methoxy groups -OCH3 is 2. The van der Waals surface area contributed by atoms with Gasteiger partial charge in [0, 0.05) is 25.5 Å². The van der Waals surface area contributed by atoms with Gasteiger partial charge in [0.2, 0.25) is 0 Å². The fourth-order valence-electron chi connectivity index (χ4n) is 4.71. The number of hydrogen-bond acceptors (Lipinski definition) is 6. The van der Waals surface area contributed by atoms with E-state index in [1.807, 2.05) is 67.5 Å². The summed E-state index contributed by atoms with van der Waals surface area (Å²) in [7, 11) is 6.81. The predicted molar refractivity (Wildman–Crippen MR) is 150 cm³/mol. The van der Waals surface area contributed by atoms with Gasteiger partial charge in [-0.05, 0) is 52.9 Å². The predicted octanol–water partition coefficient (Wildman–Crippen LogP) is 5.69. The van der Waals surface area contributed by atoms with Crippen LogP contribution in [0.15, 0.2) is 72.3 Å². The van der Waals surface area contributed by atoms with Gasteiger partial charge in [-0.25, -0.2) is 0 Å². The minimum Gasteiger partial charge on any atom is -0.506 e. The summed E-state index contributed by atoms with van der Waals surface area (Å²) in [5, 5.41) is 11.6. The van der Waals surface area contributed by atoms with Gasteiger partial charge >= 0.3 is 0 Å². The molecule has 3 aromatic carbocycles. The Morgan fingerprint density at radius 1 is 0.868 bits per heavy atom. The van der Waals surface area contributed by atoms with Crippen molar-refractivity contribution in [3.8, 4) is 11.5 Å². The standard InChI is InChI=1S/C31H34N2O5/c1-31(2,3)20-13-17-22(18-14-20)33-27(19-11-15-21(16-12-19)32(4)5)26(29(35)30(33)36)28(34)25-23(37-6)9-8-10-24(25)38-7/h8-18,27,34H,1-7H3/b28-26+. The first kappa shape index (κ1) is 26.8. The number of nitrogens with zero attached hydrogens (tertiary/aromatic N) is 2. The minimum absolute atomic E-state index is 0.0321. The van der Waals surface area contributed by atoms with Crippen LogP contribution in [-0.4, -0.2) is 45.1 Å². The second-order valence-electron chi connectivity index (χ2n) is 10.5. The first-order valence-corrected chi connectivity index (χ1v) is 12.4. The van der Waals surface area contributed by atoms with E-state index in [0.29, 0.717) is 22.7 Å². The molecule has 1 unspecified atom stereocenters. The number of Topliss-reactive ketones (excluding diaryl/α,β-unsaturated/α-hetero) is 1. The van der Waals surface area contributed by atoms with Gasteiger partial charge in [-0.2, -0.15) is 0 Å². The fraction of sp³-hybridized carbons (Fsp3) is 0.290. The van der Waals surface area contributed by atoms with Crippen LogP contribution in [0.3, 0.4) is 0 Å². The van der Waals surface area contributed by atoms with Crippen LogP contribution >= 0.6 is 0 Å². The van der Waals surface area contributed by atoms with Crippen molar-refractivity contribution in [2.45, 2.75) is 32.2 Å². The topological polar surface area (TPSA) is 79.3 Å². The van der Waals surface area contributed by atoms with Crippen molar-refractivity contribution in [2.75, 3.05) is 38.1 Å². The summed E-state index contributed by atoms with van der Waals surface area (Å²) in [6.45, 7) is 6.34. The summed E-state index contributed by atoms with van der Waals surface area (Å²) in [6.07, 6.45) is 0. The smallest absolute Gasteiger partial charge is 0.300 e. The third-order valence-electron chi connectivity index (χ3n) is 6.85. The molecule has 0 aromatic heterocycles. The zero-order valence-electron chi connectivity index (χ0n) is 22.9. The van der Waals surface area contributed by atoms with Gasteiger partial charge in [-0.1, -0.05) is 51.1 Å². The molecule has 0 spiro atoms. The zero-order valence-corrected chi connectivity index (χ0v) is 22.9. The van der Waals surface area contributed by atoms with E-state index in [0.717, 1.165) is 11.3 Å². The maximum absolute atomic E-state index is 13.6.